The molecule has 1 fully saturated rings. The highest BCUT2D eigenvalue weighted by molar-refractivity contribution is 5.95. The molecule has 0 spiro atoms. The summed E-state index contributed by atoms with van der Waals surface area (Å²) in [5.74, 6) is 2.95. The van der Waals surface area contributed by atoms with Crippen LogP contribution in [0.15, 0.2) is 36.5 Å². The van der Waals surface area contributed by atoms with Crippen molar-refractivity contribution in [3.05, 3.63) is 42.1 Å². The number of carbonyl (C=O) groups excluding carboxylic acids is 1. The number of nitrogens with one attached hydrogen (secondary N) is 1. The van der Waals surface area contributed by atoms with Gasteiger partial charge in [0.15, 0.2) is 11.5 Å². The number of carbonyl (C=O) groups is 1. The molecule has 1 aromatic heterocycles. The van der Waals surface area contributed by atoms with Crippen molar-refractivity contribution >= 4 is 11.7 Å². The maximum Gasteiger partial charge on any atom is 0.251 e. The van der Waals surface area contributed by atoms with E-state index in [2.05, 4.69) is 15.2 Å². The van der Waals surface area contributed by atoms with Gasteiger partial charge in [0.05, 0.1) is 19.8 Å². The fraction of sp³-hybridized carbons (Fsp3) is 0.500. The fourth-order valence-electron chi connectivity index (χ4n) is 3.77. The lowest BCUT2D eigenvalue weighted by atomic mass is 9.96. The van der Waals surface area contributed by atoms with Crippen molar-refractivity contribution in [2.24, 2.45) is 5.92 Å². The first kappa shape index (κ1) is 22.7. The number of nitrogens with zero attached hydrogens (tertiary/aromatic N) is 2. The number of hydrogen-bond acceptors (Lipinski definition) is 6. The highest BCUT2D eigenvalue weighted by atomic mass is 16.5. The van der Waals surface area contributed by atoms with Crippen molar-refractivity contribution in [2.45, 2.75) is 33.6 Å². The molecule has 31 heavy (non-hydrogen) atoms. The smallest absolute Gasteiger partial charge is 0.251 e. The Labute approximate surface area is 184 Å². The maximum atomic E-state index is 12.9. The molecule has 7 heteroatoms. The molecule has 1 amide bonds. The Morgan fingerprint density at radius 2 is 1.68 bits per heavy atom. The summed E-state index contributed by atoms with van der Waals surface area (Å²) < 4.78 is 17.2. The molecule has 2 heterocycles. The molecule has 0 unspecified atom stereocenters. The SMILES string of the molecule is CCOc1cc(C(=O)NCC2CCN(c3ccccn3)CC2)cc(OCC)c1OCC. The van der Waals surface area contributed by atoms with E-state index < -0.39 is 0 Å². The first-order valence-corrected chi connectivity index (χ1v) is 11.2. The molecule has 0 bridgehead atoms. The van der Waals surface area contributed by atoms with Crippen molar-refractivity contribution < 1.29 is 19.0 Å². The summed E-state index contributed by atoms with van der Waals surface area (Å²) in [6.07, 6.45) is 3.87. The second kappa shape index (κ2) is 11.4. The number of rotatable bonds is 10. The highest BCUT2D eigenvalue weighted by Crippen LogP contribution is 2.39. The summed E-state index contributed by atoms with van der Waals surface area (Å²) in [6, 6.07) is 9.45. The Hall–Kier alpha value is -2.96. The third-order valence-electron chi connectivity index (χ3n) is 5.31. The number of anilines is 1. The van der Waals surface area contributed by atoms with Gasteiger partial charge in [0.2, 0.25) is 5.75 Å². The molecule has 0 aliphatic carbocycles. The van der Waals surface area contributed by atoms with Gasteiger partial charge >= 0.3 is 0 Å². The summed E-state index contributed by atoms with van der Waals surface area (Å²) >= 11 is 0. The number of aromatic nitrogens is 1. The second-order valence-electron chi connectivity index (χ2n) is 7.43. The Bertz CT molecular complexity index is 809. The normalized spacial score (nSPS) is 14.2. The molecule has 1 aliphatic heterocycles. The van der Waals surface area contributed by atoms with Crippen molar-refractivity contribution in [3.63, 3.8) is 0 Å². The minimum Gasteiger partial charge on any atom is -0.490 e. The Morgan fingerprint density at radius 3 is 2.23 bits per heavy atom. The first-order valence-electron chi connectivity index (χ1n) is 11.2. The molecule has 1 aliphatic rings. The van der Waals surface area contributed by atoms with Crippen LogP contribution in [0.4, 0.5) is 5.82 Å². The van der Waals surface area contributed by atoms with E-state index in [0.717, 1.165) is 31.7 Å². The van der Waals surface area contributed by atoms with Crippen LogP contribution in [0.5, 0.6) is 17.2 Å². The van der Waals surface area contributed by atoms with Crippen LogP contribution in [0.3, 0.4) is 0 Å². The van der Waals surface area contributed by atoms with Crippen LogP contribution >= 0.6 is 0 Å². The average Bonchev–Trinajstić information content (AvgIpc) is 2.80. The molecule has 1 aromatic carbocycles. The molecule has 0 atom stereocenters. The summed E-state index contributed by atoms with van der Waals surface area (Å²) in [6.45, 7) is 9.70. The number of pyridine rings is 1. The number of hydrogen-bond donors (Lipinski definition) is 1. The lowest BCUT2D eigenvalue weighted by molar-refractivity contribution is 0.0943. The summed E-state index contributed by atoms with van der Waals surface area (Å²) in [5.41, 5.74) is 0.515. The monoisotopic (exact) mass is 427 g/mol. The molecule has 3 rings (SSSR count). The topological polar surface area (TPSA) is 72.9 Å². The minimum atomic E-state index is -0.128. The average molecular weight is 428 g/mol. The van der Waals surface area contributed by atoms with Gasteiger partial charge in [0.1, 0.15) is 5.82 Å². The predicted octanol–water partition coefficient (Wildman–Crippen LogP) is 3.92. The molecule has 1 saturated heterocycles. The van der Waals surface area contributed by atoms with Gasteiger partial charge in [-0.2, -0.15) is 0 Å². The van der Waals surface area contributed by atoms with Crippen molar-refractivity contribution in [2.75, 3.05) is 44.4 Å². The third kappa shape index (κ3) is 6.03. The minimum absolute atomic E-state index is 0.128. The summed E-state index contributed by atoms with van der Waals surface area (Å²) in [7, 11) is 0. The number of piperidine rings is 1. The summed E-state index contributed by atoms with van der Waals surface area (Å²) in [4.78, 5) is 19.6. The van der Waals surface area contributed by atoms with Crippen LogP contribution in [0.25, 0.3) is 0 Å². The van der Waals surface area contributed by atoms with Crippen molar-refractivity contribution in [3.8, 4) is 17.2 Å². The Balaban J connectivity index is 1.61. The van der Waals surface area contributed by atoms with Gasteiger partial charge in [-0.25, -0.2) is 4.98 Å². The van der Waals surface area contributed by atoms with Crippen LogP contribution in [0, 0.1) is 5.92 Å². The molecule has 168 valence electrons. The lowest BCUT2D eigenvalue weighted by Gasteiger charge is -2.32. The molecule has 0 radical (unpaired) electrons. The Morgan fingerprint density at radius 1 is 1.03 bits per heavy atom. The quantitative estimate of drug-likeness (QED) is 0.620. The zero-order valence-corrected chi connectivity index (χ0v) is 18.7. The molecule has 2 aromatic rings. The van der Waals surface area contributed by atoms with E-state index in [-0.39, 0.29) is 5.91 Å². The van der Waals surface area contributed by atoms with Gasteiger partial charge in [-0.3, -0.25) is 4.79 Å². The van der Waals surface area contributed by atoms with Gasteiger partial charge in [0.25, 0.3) is 5.91 Å². The maximum absolute atomic E-state index is 12.9. The van der Waals surface area contributed by atoms with Gasteiger partial charge in [0, 0.05) is 31.4 Å². The predicted molar refractivity (Wildman–Crippen MR) is 121 cm³/mol. The van der Waals surface area contributed by atoms with E-state index in [0.29, 0.717) is 55.1 Å². The lowest BCUT2D eigenvalue weighted by Crippen LogP contribution is -2.39. The van der Waals surface area contributed by atoms with Gasteiger partial charge in [-0.05, 0) is 63.8 Å². The van der Waals surface area contributed by atoms with E-state index in [1.807, 2.05) is 45.2 Å². The fourth-order valence-corrected chi connectivity index (χ4v) is 3.77. The van der Waals surface area contributed by atoms with Crippen LogP contribution in [-0.2, 0) is 0 Å². The number of benzene rings is 1. The molecule has 1 N–H and O–H groups in total. The van der Waals surface area contributed by atoms with E-state index >= 15 is 0 Å². The zero-order chi connectivity index (χ0) is 22.1. The first-order chi connectivity index (χ1) is 15.2. The summed E-state index contributed by atoms with van der Waals surface area (Å²) in [5, 5.41) is 3.09. The van der Waals surface area contributed by atoms with E-state index in [1.54, 1.807) is 12.1 Å². The van der Waals surface area contributed by atoms with Crippen LogP contribution in [-0.4, -0.2) is 50.3 Å². The molecular weight excluding hydrogens is 394 g/mol. The van der Waals surface area contributed by atoms with Gasteiger partial charge in [-0.1, -0.05) is 6.07 Å². The van der Waals surface area contributed by atoms with Crippen LogP contribution in [0.1, 0.15) is 44.0 Å². The van der Waals surface area contributed by atoms with Gasteiger partial charge in [-0.15, -0.1) is 0 Å². The van der Waals surface area contributed by atoms with Crippen LogP contribution in [0.2, 0.25) is 0 Å². The number of ether oxygens (including phenoxy) is 3. The largest absolute Gasteiger partial charge is 0.490 e. The molecule has 7 nitrogen and oxygen atoms in total. The standard InChI is InChI=1S/C24H33N3O4/c1-4-29-20-15-19(16-21(30-5-2)23(20)31-6-3)24(28)26-17-18-10-13-27(14-11-18)22-9-7-8-12-25-22/h7-9,12,15-16,18H,4-6,10-11,13-14,17H2,1-3H3,(H,26,28). The van der Waals surface area contributed by atoms with E-state index in [9.17, 15) is 4.79 Å². The Kier molecular flexibility index (Phi) is 8.38. The third-order valence-corrected chi connectivity index (χ3v) is 5.31. The van der Waals surface area contributed by atoms with Crippen LogP contribution < -0.4 is 24.4 Å². The van der Waals surface area contributed by atoms with E-state index in [1.165, 1.54) is 0 Å². The van der Waals surface area contributed by atoms with Crippen molar-refractivity contribution in [1.29, 1.82) is 0 Å². The highest BCUT2D eigenvalue weighted by Gasteiger charge is 2.22. The zero-order valence-electron chi connectivity index (χ0n) is 18.7. The second-order valence-corrected chi connectivity index (χ2v) is 7.43. The van der Waals surface area contributed by atoms with E-state index in [4.69, 9.17) is 14.2 Å². The molecular formula is C24H33N3O4. The van der Waals surface area contributed by atoms with Gasteiger partial charge < -0.3 is 24.4 Å². The number of amides is 1. The van der Waals surface area contributed by atoms with Crippen molar-refractivity contribution in [1.82, 2.24) is 10.3 Å². The molecule has 0 saturated carbocycles.